The number of amidine groups is 3. The number of nitrogens with zero attached hydrogens (tertiary/aromatic N) is 4. The first-order chi connectivity index (χ1) is 15.1. The van der Waals surface area contributed by atoms with Crippen molar-refractivity contribution in [3.63, 3.8) is 0 Å². The highest BCUT2D eigenvalue weighted by atomic mass is 19.3. The summed E-state index contributed by atoms with van der Waals surface area (Å²) in [6, 6.07) is 2.61. The third-order valence-electron chi connectivity index (χ3n) is 6.05. The molecule has 172 valence electrons. The van der Waals surface area contributed by atoms with E-state index in [9.17, 15) is 17.6 Å². The van der Waals surface area contributed by atoms with E-state index >= 15 is 0 Å². The topological polar surface area (TPSA) is 78.4 Å². The smallest absolute Gasteiger partial charge is 0.266 e. The molecule has 1 unspecified atom stereocenters. The predicted octanol–water partition coefficient (Wildman–Crippen LogP) is 3.32. The van der Waals surface area contributed by atoms with Gasteiger partial charge in [-0.15, -0.1) is 0 Å². The Morgan fingerprint density at radius 3 is 2.66 bits per heavy atom. The number of halogens is 4. The first-order valence-electron chi connectivity index (χ1n) is 10.5. The predicted molar refractivity (Wildman–Crippen MR) is 117 cm³/mol. The van der Waals surface area contributed by atoms with Crippen LogP contribution >= 0.6 is 0 Å². The fourth-order valence-corrected chi connectivity index (χ4v) is 4.30. The van der Waals surface area contributed by atoms with Crippen LogP contribution in [0.15, 0.2) is 44.8 Å². The van der Waals surface area contributed by atoms with Crippen molar-refractivity contribution in [1.82, 2.24) is 10.2 Å². The minimum Gasteiger partial charge on any atom is -0.352 e. The molecule has 10 heteroatoms. The molecule has 1 fully saturated rings. The molecule has 1 aromatic rings. The van der Waals surface area contributed by atoms with Crippen molar-refractivity contribution in [2.75, 3.05) is 19.6 Å². The molecule has 1 aromatic carbocycles. The van der Waals surface area contributed by atoms with E-state index in [1.54, 1.807) is 24.8 Å². The molecule has 0 bridgehead atoms. The molecule has 1 saturated heterocycles. The molecule has 4 rings (SSSR count). The molecule has 3 aliphatic rings. The number of alkyl halides is 3. The summed E-state index contributed by atoms with van der Waals surface area (Å²) in [4.78, 5) is 15.7. The SMILES string of the molecule is CC1=NC2(C)CN=C(N3C[C@@H](N)[C@@H](F)C3)C=C2C(=N[C@H](C)c2cccc(C(F)F)c2F)N1. The second-order valence-corrected chi connectivity index (χ2v) is 8.62. The van der Waals surface area contributed by atoms with E-state index in [1.165, 1.54) is 12.1 Å². The van der Waals surface area contributed by atoms with Crippen LogP contribution in [-0.4, -0.2) is 59.8 Å². The Morgan fingerprint density at radius 2 is 2.00 bits per heavy atom. The number of hydrogen-bond donors (Lipinski definition) is 2. The number of nitrogens with two attached hydrogens (primary N) is 1. The lowest BCUT2D eigenvalue weighted by Crippen LogP contribution is -2.50. The summed E-state index contributed by atoms with van der Waals surface area (Å²) >= 11 is 0. The first kappa shape index (κ1) is 22.4. The Bertz CT molecular complexity index is 1020. The Labute approximate surface area is 184 Å². The summed E-state index contributed by atoms with van der Waals surface area (Å²) in [7, 11) is 0. The zero-order chi connectivity index (χ0) is 23.2. The third-order valence-corrected chi connectivity index (χ3v) is 6.05. The summed E-state index contributed by atoms with van der Waals surface area (Å²) in [5.74, 6) is 0.712. The van der Waals surface area contributed by atoms with Crippen molar-refractivity contribution in [2.45, 2.75) is 51.0 Å². The highest BCUT2D eigenvalue weighted by Gasteiger charge is 2.40. The van der Waals surface area contributed by atoms with Crippen LogP contribution in [0.2, 0.25) is 0 Å². The van der Waals surface area contributed by atoms with E-state index in [0.717, 1.165) is 11.6 Å². The van der Waals surface area contributed by atoms with Gasteiger partial charge in [0.15, 0.2) is 0 Å². The van der Waals surface area contributed by atoms with Gasteiger partial charge in [0.05, 0.1) is 36.6 Å². The zero-order valence-corrected chi connectivity index (χ0v) is 18.1. The molecular formula is C22H26F4N6. The number of nitrogens with one attached hydrogen (secondary N) is 1. The normalized spacial score (nSPS) is 30.0. The van der Waals surface area contributed by atoms with Crippen LogP contribution in [0.4, 0.5) is 17.6 Å². The molecule has 0 spiro atoms. The molecular weight excluding hydrogens is 424 g/mol. The second-order valence-electron chi connectivity index (χ2n) is 8.62. The molecule has 0 aliphatic carbocycles. The van der Waals surface area contributed by atoms with Crippen molar-refractivity contribution >= 4 is 17.5 Å². The van der Waals surface area contributed by atoms with E-state index in [-0.39, 0.29) is 12.1 Å². The average Bonchev–Trinajstić information content (AvgIpc) is 3.05. The Balaban J connectivity index is 1.70. The van der Waals surface area contributed by atoms with E-state index in [0.29, 0.717) is 30.6 Å². The van der Waals surface area contributed by atoms with Gasteiger partial charge in [0.2, 0.25) is 0 Å². The maximum Gasteiger partial charge on any atom is 0.266 e. The summed E-state index contributed by atoms with van der Waals surface area (Å²) < 4.78 is 54.9. The number of dihydropyridines is 1. The number of likely N-dealkylation sites (tertiary alicyclic amines) is 1. The van der Waals surface area contributed by atoms with Crippen molar-refractivity contribution in [1.29, 1.82) is 0 Å². The van der Waals surface area contributed by atoms with Gasteiger partial charge in [0.1, 0.15) is 29.2 Å². The lowest BCUT2D eigenvalue weighted by Gasteiger charge is -2.37. The molecule has 3 heterocycles. The minimum absolute atomic E-state index is 0.0788. The van der Waals surface area contributed by atoms with Crippen LogP contribution < -0.4 is 11.1 Å². The van der Waals surface area contributed by atoms with Crippen LogP contribution in [0.3, 0.4) is 0 Å². The second kappa shape index (κ2) is 8.31. The molecule has 0 aromatic heterocycles. The summed E-state index contributed by atoms with van der Waals surface area (Å²) in [6.07, 6.45) is -2.24. The highest BCUT2D eigenvalue weighted by Crippen LogP contribution is 2.33. The van der Waals surface area contributed by atoms with Crippen LogP contribution in [0.1, 0.15) is 44.4 Å². The third kappa shape index (κ3) is 4.03. The van der Waals surface area contributed by atoms with Gasteiger partial charge < -0.3 is 16.0 Å². The first-order valence-corrected chi connectivity index (χ1v) is 10.5. The van der Waals surface area contributed by atoms with Crippen molar-refractivity contribution in [2.24, 2.45) is 20.7 Å². The summed E-state index contributed by atoms with van der Waals surface area (Å²) in [5.41, 5.74) is 5.28. The number of rotatable bonds is 3. The van der Waals surface area contributed by atoms with Crippen LogP contribution in [-0.2, 0) is 0 Å². The number of fused-ring (bicyclic) bond motifs is 1. The lowest BCUT2D eigenvalue weighted by atomic mass is 9.87. The van der Waals surface area contributed by atoms with Gasteiger partial charge in [-0.2, -0.15) is 0 Å². The quantitative estimate of drug-likeness (QED) is 0.694. The standard InChI is InChI=1S/C22H26F4N6/c1-11(13-5-4-6-14(19(13)24)20(25)26)29-21-15-7-18(32-8-16(23)17(27)9-32)28-10-22(15,3)31-12(2)30-21/h4-7,11,16-17,20H,8-10,27H2,1-3H3,(H,29,30,31)/t11-,16+,17-,22?/m1/s1. The fourth-order valence-electron chi connectivity index (χ4n) is 4.30. The van der Waals surface area contributed by atoms with Gasteiger partial charge in [-0.25, -0.2) is 17.6 Å². The van der Waals surface area contributed by atoms with Crippen molar-refractivity contribution in [3.05, 3.63) is 46.8 Å². The highest BCUT2D eigenvalue weighted by molar-refractivity contribution is 6.16. The van der Waals surface area contributed by atoms with Gasteiger partial charge >= 0.3 is 0 Å². The maximum absolute atomic E-state index is 14.7. The van der Waals surface area contributed by atoms with Crippen LogP contribution in [0, 0.1) is 5.82 Å². The van der Waals surface area contributed by atoms with Crippen molar-refractivity contribution < 1.29 is 17.6 Å². The molecule has 0 amide bonds. The summed E-state index contributed by atoms with van der Waals surface area (Å²) in [5, 5.41) is 3.12. The molecule has 0 saturated carbocycles. The molecule has 32 heavy (non-hydrogen) atoms. The Hall–Kier alpha value is -2.75. The molecule has 3 N–H and O–H groups in total. The molecule has 0 radical (unpaired) electrons. The lowest BCUT2D eigenvalue weighted by molar-refractivity contribution is 0.146. The van der Waals surface area contributed by atoms with Crippen LogP contribution in [0.25, 0.3) is 0 Å². The van der Waals surface area contributed by atoms with E-state index in [2.05, 4.69) is 20.3 Å². The number of benzene rings is 1. The van der Waals surface area contributed by atoms with Crippen molar-refractivity contribution in [3.8, 4) is 0 Å². The van der Waals surface area contributed by atoms with Gasteiger partial charge in [-0.1, -0.05) is 18.2 Å². The summed E-state index contributed by atoms with van der Waals surface area (Å²) in [6.45, 7) is 6.18. The minimum atomic E-state index is -2.91. The Kier molecular flexibility index (Phi) is 5.83. The van der Waals surface area contributed by atoms with Crippen LogP contribution in [0.5, 0.6) is 0 Å². The maximum atomic E-state index is 14.7. The molecule has 4 atom stereocenters. The van der Waals surface area contributed by atoms with E-state index in [1.807, 2.05) is 6.92 Å². The molecule has 3 aliphatic heterocycles. The van der Waals surface area contributed by atoms with Gasteiger partial charge in [-0.3, -0.25) is 15.0 Å². The van der Waals surface area contributed by atoms with Gasteiger partial charge in [-0.05, 0) is 26.8 Å². The fraction of sp³-hybridized carbons (Fsp3) is 0.500. The zero-order valence-electron chi connectivity index (χ0n) is 18.1. The van der Waals surface area contributed by atoms with E-state index in [4.69, 9.17) is 5.73 Å². The largest absolute Gasteiger partial charge is 0.352 e. The van der Waals surface area contributed by atoms with Gasteiger partial charge in [0, 0.05) is 17.7 Å². The van der Waals surface area contributed by atoms with Gasteiger partial charge in [0.25, 0.3) is 6.43 Å². The Morgan fingerprint density at radius 1 is 1.28 bits per heavy atom. The number of hydrogen-bond acceptors (Lipinski definition) is 5. The monoisotopic (exact) mass is 450 g/mol. The van der Waals surface area contributed by atoms with E-state index < -0.39 is 41.6 Å². The average molecular weight is 450 g/mol. The molecule has 6 nitrogen and oxygen atoms in total. The number of aliphatic imine (C=N–C) groups is 3.